The lowest BCUT2D eigenvalue weighted by atomic mass is 10.0. The molecule has 1 aliphatic heterocycles. The molecule has 2 aromatic rings. The molecule has 0 saturated heterocycles. The van der Waals surface area contributed by atoms with Crippen LogP contribution in [0.3, 0.4) is 0 Å². The third-order valence-corrected chi connectivity index (χ3v) is 5.49. The Balaban J connectivity index is 1.55. The summed E-state index contributed by atoms with van der Waals surface area (Å²) in [5.74, 6) is 0.109. The van der Waals surface area contributed by atoms with Gasteiger partial charge in [-0.25, -0.2) is 0 Å². The summed E-state index contributed by atoms with van der Waals surface area (Å²) in [5.41, 5.74) is 2.49. The summed E-state index contributed by atoms with van der Waals surface area (Å²) in [7, 11) is 5.15. The van der Waals surface area contributed by atoms with E-state index in [2.05, 4.69) is 16.9 Å². The molecule has 7 nitrogen and oxygen atoms in total. The van der Waals surface area contributed by atoms with E-state index in [0.717, 1.165) is 31.5 Å². The molecule has 1 aromatic carbocycles. The van der Waals surface area contributed by atoms with Crippen molar-refractivity contribution in [2.24, 2.45) is 0 Å². The van der Waals surface area contributed by atoms with E-state index in [9.17, 15) is 9.59 Å². The number of pyridine rings is 1. The molecule has 3 rings (SSSR count). The maximum atomic E-state index is 12.8. The van der Waals surface area contributed by atoms with Gasteiger partial charge in [-0.05, 0) is 68.2 Å². The normalized spacial score (nSPS) is 13.9. The highest BCUT2D eigenvalue weighted by Gasteiger charge is 2.30. The van der Waals surface area contributed by atoms with Crippen molar-refractivity contribution in [3.05, 3.63) is 53.3 Å². The summed E-state index contributed by atoms with van der Waals surface area (Å²) in [5, 5.41) is 0. The fourth-order valence-electron chi connectivity index (χ4n) is 3.68. The van der Waals surface area contributed by atoms with Gasteiger partial charge in [0.25, 0.3) is 11.7 Å². The van der Waals surface area contributed by atoms with E-state index in [1.54, 1.807) is 36.5 Å². The average Bonchev–Trinajstić information content (AvgIpc) is 2.89. The van der Waals surface area contributed by atoms with E-state index in [1.165, 1.54) is 12.7 Å². The Morgan fingerprint density at radius 2 is 1.77 bits per heavy atom. The van der Waals surface area contributed by atoms with E-state index in [1.807, 2.05) is 12.1 Å². The number of rotatable bonds is 9. The Kier molecular flexibility index (Phi) is 7.41. The minimum absolute atomic E-state index is 0.412. The number of carbonyl (C=O) groups is 2. The smallest absolute Gasteiger partial charge is 0.294 e. The molecule has 0 radical (unpaired) electrons. The highest BCUT2D eigenvalue weighted by Crippen LogP contribution is 2.32. The van der Waals surface area contributed by atoms with Crippen LogP contribution in [0.4, 0.5) is 0 Å². The number of aromatic nitrogens is 1. The quantitative estimate of drug-likeness (QED) is 0.590. The zero-order valence-corrected chi connectivity index (χ0v) is 17.9. The van der Waals surface area contributed by atoms with Crippen molar-refractivity contribution in [2.75, 3.05) is 47.4 Å². The second kappa shape index (κ2) is 10.2. The Bertz CT molecular complexity index is 886. The molecule has 1 amide bonds. The van der Waals surface area contributed by atoms with Gasteiger partial charge in [0.15, 0.2) is 11.5 Å². The van der Waals surface area contributed by atoms with Crippen molar-refractivity contribution in [3.8, 4) is 11.5 Å². The van der Waals surface area contributed by atoms with Gasteiger partial charge in [0.05, 0.1) is 14.2 Å². The Labute approximate surface area is 177 Å². The van der Waals surface area contributed by atoms with Gasteiger partial charge in [0, 0.05) is 37.6 Å². The van der Waals surface area contributed by atoms with Crippen LogP contribution in [0, 0.1) is 0 Å². The lowest BCUT2D eigenvalue weighted by Crippen LogP contribution is -2.38. The molecular weight excluding hydrogens is 382 g/mol. The number of benzene rings is 1. The number of amides is 1. The molecule has 7 heteroatoms. The van der Waals surface area contributed by atoms with E-state index >= 15 is 0 Å². The van der Waals surface area contributed by atoms with Crippen LogP contribution in [-0.4, -0.2) is 73.9 Å². The van der Waals surface area contributed by atoms with Crippen molar-refractivity contribution >= 4 is 11.7 Å². The van der Waals surface area contributed by atoms with E-state index in [4.69, 9.17) is 9.47 Å². The first-order chi connectivity index (χ1) is 14.5. The van der Waals surface area contributed by atoms with Gasteiger partial charge in [-0.2, -0.15) is 0 Å². The number of methoxy groups -OCH3 is 2. The molecule has 1 aromatic heterocycles. The molecule has 0 spiro atoms. The summed E-state index contributed by atoms with van der Waals surface area (Å²) >= 11 is 0. The lowest BCUT2D eigenvalue weighted by Gasteiger charge is -2.22. The Hall–Kier alpha value is -2.93. The molecule has 0 fully saturated rings. The molecule has 160 valence electrons. The number of ether oxygens (including phenoxy) is 2. The van der Waals surface area contributed by atoms with Gasteiger partial charge < -0.3 is 19.3 Å². The molecule has 30 heavy (non-hydrogen) atoms. The van der Waals surface area contributed by atoms with Crippen LogP contribution in [0.1, 0.15) is 27.9 Å². The summed E-state index contributed by atoms with van der Waals surface area (Å²) in [4.78, 5) is 33.4. The highest BCUT2D eigenvalue weighted by molar-refractivity contribution is 6.43. The monoisotopic (exact) mass is 411 g/mol. The number of Topliss-reactive ketones (excluding diaryl/α,β-unsaturated/α-hetero) is 1. The topological polar surface area (TPSA) is 72.0 Å². The predicted octanol–water partition coefficient (Wildman–Crippen LogP) is 2.23. The first-order valence-corrected chi connectivity index (χ1v) is 10.2. The van der Waals surface area contributed by atoms with Crippen LogP contribution in [0.15, 0.2) is 36.7 Å². The number of likely N-dealkylation sites (N-methyl/N-ethyl adjacent to an activating group) is 1. The van der Waals surface area contributed by atoms with Crippen LogP contribution in [0.25, 0.3) is 0 Å². The van der Waals surface area contributed by atoms with Crippen molar-refractivity contribution in [3.63, 3.8) is 0 Å². The third-order valence-electron chi connectivity index (χ3n) is 5.49. The molecule has 0 N–H and O–H groups in total. The highest BCUT2D eigenvalue weighted by atomic mass is 16.5. The molecule has 0 unspecified atom stereocenters. The number of fused-ring (bicyclic) bond motifs is 1. The lowest BCUT2D eigenvalue weighted by molar-refractivity contribution is -0.126. The zero-order valence-electron chi connectivity index (χ0n) is 17.9. The summed E-state index contributed by atoms with van der Waals surface area (Å²) < 4.78 is 10.6. The summed E-state index contributed by atoms with van der Waals surface area (Å²) in [6.45, 7) is 2.87. The summed E-state index contributed by atoms with van der Waals surface area (Å²) in [6, 6.07) is 7.47. The number of carbonyl (C=O) groups excluding carboxylic acids is 2. The first-order valence-electron chi connectivity index (χ1n) is 10.2. The number of hydrogen-bond acceptors (Lipinski definition) is 6. The van der Waals surface area contributed by atoms with Crippen molar-refractivity contribution < 1.29 is 19.1 Å². The van der Waals surface area contributed by atoms with Gasteiger partial charge in [0.2, 0.25) is 0 Å². The largest absolute Gasteiger partial charge is 0.493 e. The summed E-state index contributed by atoms with van der Waals surface area (Å²) in [6.07, 6.45) is 6.00. The van der Waals surface area contributed by atoms with Gasteiger partial charge in [-0.3, -0.25) is 14.6 Å². The molecule has 0 saturated carbocycles. The van der Waals surface area contributed by atoms with Gasteiger partial charge in [-0.15, -0.1) is 0 Å². The second-order valence-corrected chi connectivity index (χ2v) is 7.50. The van der Waals surface area contributed by atoms with E-state index in [0.29, 0.717) is 36.6 Å². The van der Waals surface area contributed by atoms with E-state index in [-0.39, 0.29) is 0 Å². The molecule has 1 aliphatic rings. The average molecular weight is 412 g/mol. The maximum Gasteiger partial charge on any atom is 0.294 e. The second-order valence-electron chi connectivity index (χ2n) is 7.50. The fraction of sp³-hybridized carbons (Fsp3) is 0.435. The van der Waals surface area contributed by atoms with Gasteiger partial charge >= 0.3 is 0 Å². The Morgan fingerprint density at radius 1 is 1.07 bits per heavy atom. The fourth-order valence-corrected chi connectivity index (χ4v) is 3.68. The minimum Gasteiger partial charge on any atom is -0.493 e. The first kappa shape index (κ1) is 21.8. The van der Waals surface area contributed by atoms with Crippen molar-refractivity contribution in [1.82, 2.24) is 14.8 Å². The standard InChI is InChI=1S/C23H29N3O4/c1-25(13-7-17-5-9-24-10-6-17)11-4-12-26-14-8-18-15-20(29-2)21(30-3)16-19(18)22(27)23(26)28/h5-6,9-10,15-16H,4,7-8,11-14H2,1-3H3. The SMILES string of the molecule is COc1cc2c(cc1OC)C(=O)C(=O)N(CCCN(C)CCc1ccncc1)CC2. The number of ketones is 1. The van der Waals surface area contributed by atoms with Crippen molar-refractivity contribution in [2.45, 2.75) is 19.3 Å². The zero-order chi connectivity index (χ0) is 21.5. The molecule has 2 heterocycles. The van der Waals surface area contributed by atoms with Crippen LogP contribution in [-0.2, 0) is 17.6 Å². The van der Waals surface area contributed by atoms with Crippen LogP contribution in [0.2, 0.25) is 0 Å². The maximum absolute atomic E-state index is 12.8. The van der Waals surface area contributed by atoms with E-state index < -0.39 is 11.7 Å². The molecule has 0 bridgehead atoms. The number of nitrogens with zero attached hydrogens (tertiary/aromatic N) is 3. The van der Waals surface area contributed by atoms with Crippen LogP contribution in [0.5, 0.6) is 11.5 Å². The van der Waals surface area contributed by atoms with Gasteiger partial charge in [-0.1, -0.05) is 0 Å². The number of hydrogen-bond donors (Lipinski definition) is 0. The minimum atomic E-state index is -0.477. The van der Waals surface area contributed by atoms with Crippen molar-refractivity contribution in [1.29, 1.82) is 0 Å². The molecular formula is C23H29N3O4. The molecule has 0 aliphatic carbocycles. The van der Waals surface area contributed by atoms with Gasteiger partial charge in [0.1, 0.15) is 0 Å². The Morgan fingerprint density at radius 3 is 2.47 bits per heavy atom. The van der Waals surface area contributed by atoms with Crippen LogP contribution >= 0.6 is 0 Å². The third kappa shape index (κ3) is 5.16. The predicted molar refractivity (Wildman–Crippen MR) is 114 cm³/mol. The molecule has 0 atom stereocenters. The van der Waals surface area contributed by atoms with Crippen LogP contribution < -0.4 is 9.47 Å².